The van der Waals surface area contributed by atoms with Gasteiger partial charge < -0.3 is 0 Å². The molecule has 0 aliphatic rings. The van der Waals surface area contributed by atoms with Crippen LogP contribution in [0.15, 0.2) is 17.0 Å². The van der Waals surface area contributed by atoms with E-state index in [0.717, 1.165) is 12.1 Å². The average molecular weight is 249 g/mol. The summed E-state index contributed by atoms with van der Waals surface area (Å²) < 4.78 is 49.0. The van der Waals surface area contributed by atoms with Gasteiger partial charge in [0.15, 0.2) is 0 Å². The molecular formula is C10H7F4NS. The quantitative estimate of drug-likeness (QED) is 0.590. The zero-order valence-corrected chi connectivity index (χ0v) is 9.05. The number of thioether (sulfide) groups is 1. The molecule has 0 saturated heterocycles. The fourth-order valence-electron chi connectivity index (χ4n) is 1.05. The van der Waals surface area contributed by atoms with Crippen LogP contribution in [0.2, 0.25) is 0 Å². The summed E-state index contributed by atoms with van der Waals surface area (Å²) in [6.45, 7) is 1.50. The van der Waals surface area contributed by atoms with Crippen molar-refractivity contribution in [3.05, 3.63) is 29.1 Å². The van der Waals surface area contributed by atoms with E-state index in [9.17, 15) is 17.6 Å². The zero-order valence-electron chi connectivity index (χ0n) is 8.23. The van der Waals surface area contributed by atoms with Crippen LogP contribution >= 0.6 is 11.8 Å². The van der Waals surface area contributed by atoms with Crippen LogP contribution in [0.25, 0.3) is 0 Å². The molecule has 0 aliphatic heterocycles. The Labute approximate surface area is 94.1 Å². The summed E-state index contributed by atoms with van der Waals surface area (Å²) in [6.07, 6.45) is -4.28. The Hall–Kier alpha value is -1.22. The zero-order chi connectivity index (χ0) is 12.3. The highest BCUT2D eigenvalue weighted by atomic mass is 32.2. The number of hydrogen-bond acceptors (Lipinski definition) is 2. The van der Waals surface area contributed by atoms with Gasteiger partial charge in [0.05, 0.1) is 11.3 Å². The predicted octanol–water partition coefficient (Wildman–Crippen LogP) is 3.66. The summed E-state index contributed by atoms with van der Waals surface area (Å²) in [6, 6.07) is 3.80. The van der Waals surface area contributed by atoms with Gasteiger partial charge in [0.2, 0.25) is 0 Å². The van der Waals surface area contributed by atoms with Gasteiger partial charge in [0.1, 0.15) is 11.9 Å². The largest absolute Gasteiger partial charge is 0.398 e. The Kier molecular flexibility index (Phi) is 3.81. The van der Waals surface area contributed by atoms with Gasteiger partial charge >= 0.3 is 6.18 Å². The molecule has 6 heteroatoms. The fraction of sp³-hybridized carbons (Fsp3) is 0.300. The van der Waals surface area contributed by atoms with Crippen LogP contribution in [0, 0.1) is 24.1 Å². The van der Waals surface area contributed by atoms with E-state index in [1.165, 1.54) is 6.92 Å². The van der Waals surface area contributed by atoms with Crippen molar-refractivity contribution in [2.75, 3.05) is 5.75 Å². The van der Waals surface area contributed by atoms with Crippen LogP contribution in [-0.2, 0) is 0 Å². The molecule has 0 atom stereocenters. The maximum atomic E-state index is 13.1. The second-order valence-electron chi connectivity index (χ2n) is 3.11. The van der Waals surface area contributed by atoms with Gasteiger partial charge in [0, 0.05) is 4.90 Å². The van der Waals surface area contributed by atoms with E-state index in [2.05, 4.69) is 0 Å². The second kappa shape index (κ2) is 4.74. The van der Waals surface area contributed by atoms with Crippen molar-refractivity contribution in [2.24, 2.45) is 0 Å². The highest BCUT2D eigenvalue weighted by molar-refractivity contribution is 7.99. The first-order valence-electron chi connectivity index (χ1n) is 4.23. The summed E-state index contributed by atoms with van der Waals surface area (Å²) in [7, 11) is 0. The molecule has 0 aromatic heterocycles. The molecule has 0 spiro atoms. The number of halogens is 4. The Balaban J connectivity index is 2.93. The van der Waals surface area contributed by atoms with Crippen molar-refractivity contribution in [2.45, 2.75) is 18.0 Å². The van der Waals surface area contributed by atoms with Crippen LogP contribution in [0.4, 0.5) is 17.6 Å². The monoisotopic (exact) mass is 249 g/mol. The molecule has 1 rings (SSSR count). The minimum absolute atomic E-state index is 0.240. The minimum Gasteiger partial charge on any atom is -0.206 e. The summed E-state index contributed by atoms with van der Waals surface area (Å²) in [5.74, 6) is -1.76. The maximum Gasteiger partial charge on any atom is 0.398 e. The molecule has 0 heterocycles. The van der Waals surface area contributed by atoms with Crippen molar-refractivity contribution in [3.63, 3.8) is 0 Å². The van der Waals surface area contributed by atoms with Crippen molar-refractivity contribution in [1.82, 2.24) is 0 Å². The van der Waals surface area contributed by atoms with Crippen LogP contribution < -0.4 is 0 Å². The molecule has 0 unspecified atom stereocenters. The lowest BCUT2D eigenvalue weighted by atomic mass is 10.1. The predicted molar refractivity (Wildman–Crippen MR) is 52.6 cm³/mol. The third-order valence-electron chi connectivity index (χ3n) is 1.78. The third-order valence-corrected chi connectivity index (χ3v) is 3.00. The number of nitriles is 1. The fourth-order valence-corrected chi connectivity index (χ4v) is 1.86. The smallest absolute Gasteiger partial charge is 0.206 e. The van der Waals surface area contributed by atoms with E-state index >= 15 is 0 Å². The number of rotatable bonds is 2. The highest BCUT2D eigenvalue weighted by Gasteiger charge is 2.27. The first-order chi connectivity index (χ1) is 7.33. The van der Waals surface area contributed by atoms with Gasteiger partial charge in [-0.05, 0) is 24.6 Å². The van der Waals surface area contributed by atoms with Crippen LogP contribution in [0.1, 0.15) is 11.1 Å². The first kappa shape index (κ1) is 12.8. The van der Waals surface area contributed by atoms with Crippen LogP contribution in [-0.4, -0.2) is 11.9 Å². The molecule has 1 aromatic carbocycles. The SMILES string of the molecule is Cc1cc(F)c(C#N)cc1SCC(F)(F)F. The minimum atomic E-state index is -4.28. The highest BCUT2D eigenvalue weighted by Crippen LogP contribution is 2.30. The van der Waals surface area contributed by atoms with E-state index in [1.54, 1.807) is 6.07 Å². The van der Waals surface area contributed by atoms with E-state index in [1.807, 2.05) is 0 Å². The molecule has 0 radical (unpaired) electrons. The number of hydrogen-bond donors (Lipinski definition) is 0. The van der Waals surface area contributed by atoms with E-state index in [-0.39, 0.29) is 10.5 Å². The van der Waals surface area contributed by atoms with Gasteiger partial charge in [-0.2, -0.15) is 18.4 Å². The van der Waals surface area contributed by atoms with Crippen LogP contribution in [0.5, 0.6) is 0 Å². The number of alkyl halides is 3. The Morgan fingerprint density at radius 2 is 2.00 bits per heavy atom. The van der Waals surface area contributed by atoms with E-state index < -0.39 is 17.7 Å². The topological polar surface area (TPSA) is 23.8 Å². The maximum absolute atomic E-state index is 13.1. The van der Waals surface area contributed by atoms with Crippen LogP contribution in [0.3, 0.4) is 0 Å². The van der Waals surface area contributed by atoms with Gasteiger partial charge in [-0.15, -0.1) is 11.8 Å². The van der Waals surface area contributed by atoms with E-state index in [0.29, 0.717) is 17.3 Å². The Morgan fingerprint density at radius 1 is 1.38 bits per heavy atom. The normalized spacial score (nSPS) is 11.2. The van der Waals surface area contributed by atoms with Gasteiger partial charge in [-0.1, -0.05) is 0 Å². The molecule has 0 fully saturated rings. The summed E-state index contributed by atoms with van der Waals surface area (Å²) in [5, 5.41) is 8.54. The third kappa shape index (κ3) is 3.42. The number of aryl methyl sites for hydroxylation is 1. The van der Waals surface area contributed by atoms with Crippen molar-refractivity contribution in [3.8, 4) is 6.07 Å². The average Bonchev–Trinajstić information content (AvgIpc) is 2.15. The Morgan fingerprint density at radius 3 is 2.50 bits per heavy atom. The van der Waals surface area contributed by atoms with Gasteiger partial charge in [-0.3, -0.25) is 0 Å². The van der Waals surface area contributed by atoms with E-state index in [4.69, 9.17) is 5.26 Å². The number of benzene rings is 1. The molecule has 0 bridgehead atoms. The lowest BCUT2D eigenvalue weighted by Crippen LogP contribution is -2.10. The first-order valence-corrected chi connectivity index (χ1v) is 5.22. The van der Waals surface area contributed by atoms with Gasteiger partial charge in [-0.25, -0.2) is 4.39 Å². The second-order valence-corrected chi connectivity index (χ2v) is 4.13. The van der Waals surface area contributed by atoms with Gasteiger partial charge in [0.25, 0.3) is 0 Å². The molecule has 0 N–H and O–H groups in total. The van der Waals surface area contributed by atoms with Crippen molar-refractivity contribution >= 4 is 11.8 Å². The molecule has 86 valence electrons. The number of nitrogens with zero attached hydrogens (tertiary/aromatic N) is 1. The molecule has 16 heavy (non-hydrogen) atoms. The molecule has 0 saturated carbocycles. The molecule has 0 amide bonds. The summed E-state index contributed by atoms with van der Waals surface area (Å²) >= 11 is 0.549. The molecule has 0 aliphatic carbocycles. The molecule has 1 aromatic rings. The Bertz CT molecular complexity index is 434. The summed E-state index contributed by atoms with van der Waals surface area (Å²) in [4.78, 5) is 0.273. The van der Waals surface area contributed by atoms with Crippen molar-refractivity contribution in [1.29, 1.82) is 5.26 Å². The summed E-state index contributed by atoms with van der Waals surface area (Å²) in [5.41, 5.74) is 0.154. The molecule has 1 nitrogen and oxygen atoms in total. The lowest BCUT2D eigenvalue weighted by molar-refractivity contribution is -0.105. The van der Waals surface area contributed by atoms with Crippen molar-refractivity contribution < 1.29 is 17.6 Å². The standard InChI is InChI=1S/C10H7F4NS/c1-6-2-8(11)7(4-15)3-9(6)16-5-10(12,13)14/h2-3H,5H2,1H3. The molecular weight excluding hydrogens is 242 g/mol. The lowest BCUT2D eigenvalue weighted by Gasteiger charge is -2.08.